The summed E-state index contributed by atoms with van der Waals surface area (Å²) in [6.45, 7) is 20.8. The van der Waals surface area contributed by atoms with Crippen molar-refractivity contribution in [2.45, 2.75) is 52.7 Å². The largest absolute Gasteiger partial charge is 0.573 e. The third-order valence-corrected chi connectivity index (χ3v) is 8.12. The molecular weight excluding hydrogens is 659 g/mol. The van der Waals surface area contributed by atoms with Crippen LogP contribution in [0.25, 0.3) is 43.3 Å². The molecule has 7 nitrogen and oxygen atoms in total. The van der Waals surface area contributed by atoms with Crippen LogP contribution in [-0.2, 0) is 12.8 Å². The van der Waals surface area contributed by atoms with Gasteiger partial charge in [0.15, 0.2) is 11.5 Å². The molecule has 0 bridgehead atoms. The first kappa shape index (κ1) is 33.5. The number of alkyl halides is 9. The van der Waals surface area contributed by atoms with Gasteiger partial charge in [0.25, 0.3) is 11.4 Å². The van der Waals surface area contributed by atoms with Gasteiger partial charge in [0.05, 0.1) is 25.3 Å². The Hall–Kier alpha value is -5.87. The summed E-state index contributed by atoms with van der Waals surface area (Å²) >= 11 is 0. The molecule has 0 N–H and O–H groups in total. The number of halogens is 9. The molecule has 3 aromatic carbocycles. The Balaban J connectivity index is 2.11. The summed E-state index contributed by atoms with van der Waals surface area (Å²) < 4.78 is 133. The minimum atomic E-state index is -5.83. The summed E-state index contributed by atoms with van der Waals surface area (Å²) in [5, 5.41) is 19.6. The fraction of sp³-hybridized carbons (Fsp3) is 0.250. The van der Waals surface area contributed by atoms with Crippen LogP contribution in [0.5, 0.6) is 17.2 Å². The first-order valence-corrected chi connectivity index (χ1v) is 13.3. The van der Waals surface area contributed by atoms with Crippen LogP contribution in [0.1, 0.15) is 38.9 Å². The molecule has 48 heavy (non-hydrogen) atoms. The van der Waals surface area contributed by atoms with E-state index in [1.807, 2.05) is 6.92 Å². The Bertz CT molecular complexity index is 2230. The molecule has 2 aliphatic carbocycles. The molecular formula is C32H15F9N4O3. The summed E-state index contributed by atoms with van der Waals surface area (Å²) in [4.78, 5) is 6.52. The van der Waals surface area contributed by atoms with Crippen molar-refractivity contribution in [1.82, 2.24) is 0 Å². The molecule has 0 radical (unpaired) electrons. The molecule has 0 atom stereocenters. The number of aryl methyl sites for hydroxylation is 1. The second-order valence-corrected chi connectivity index (χ2v) is 10.6. The Kier molecular flexibility index (Phi) is 7.77. The van der Waals surface area contributed by atoms with E-state index in [1.165, 1.54) is 0 Å². The van der Waals surface area contributed by atoms with E-state index in [1.54, 1.807) is 32.1 Å². The molecule has 3 aromatic rings. The molecule has 0 aliphatic heterocycles. The second-order valence-electron chi connectivity index (χ2n) is 10.6. The molecule has 0 saturated heterocycles. The van der Waals surface area contributed by atoms with Gasteiger partial charge in [0.1, 0.15) is 0 Å². The molecule has 0 heterocycles. The number of ether oxygens (including phenoxy) is 3. The zero-order chi connectivity index (χ0) is 35.7. The number of benzene rings is 3. The molecule has 2 aliphatic rings. The topological polar surface area (TPSA) is 84.0 Å². The quantitative estimate of drug-likeness (QED) is 0.146. The fourth-order valence-corrected chi connectivity index (χ4v) is 6.23. The smallest absolute Gasteiger partial charge is 0.402 e. The second kappa shape index (κ2) is 11.1. The number of fused-ring (bicyclic) bond motifs is 6. The molecule has 16 heteroatoms. The van der Waals surface area contributed by atoms with Crippen LogP contribution in [0, 0.1) is 56.6 Å². The van der Waals surface area contributed by atoms with Crippen LogP contribution in [0.2, 0.25) is 0 Å². The molecule has 0 aromatic heterocycles. The highest BCUT2D eigenvalue weighted by molar-refractivity contribution is 5.95. The van der Waals surface area contributed by atoms with Crippen molar-refractivity contribution >= 4 is 11.4 Å². The summed E-state index contributed by atoms with van der Waals surface area (Å²) in [6.07, 6.45) is -18.2. The molecule has 0 spiro atoms. The van der Waals surface area contributed by atoms with Crippen LogP contribution in [0.4, 0.5) is 39.5 Å². The number of hydrogen-bond donors (Lipinski definition) is 0. The Morgan fingerprint density at radius 2 is 1.10 bits per heavy atom. The SMILES string of the molecule is [C-]#[N+]/C(C#N)=c1\c2c(/c(=C(/C#N)[N+]#[C-])c3c1Cc1c-3cc(OC(F)(F)F)c(OC(F)(F)F)c1OC(F)(F)F)-c1cc(C)c(C)c(C)c1C2. The van der Waals surface area contributed by atoms with E-state index in [9.17, 15) is 50.0 Å². The van der Waals surface area contributed by atoms with Crippen LogP contribution < -0.4 is 24.6 Å². The van der Waals surface area contributed by atoms with Crippen molar-refractivity contribution < 1.29 is 53.7 Å². The number of rotatable bonds is 3. The highest BCUT2D eigenvalue weighted by Crippen LogP contribution is 2.54. The van der Waals surface area contributed by atoms with Crippen molar-refractivity contribution in [1.29, 1.82) is 10.5 Å². The lowest BCUT2D eigenvalue weighted by molar-refractivity contribution is -0.293. The number of nitrogens with zero attached hydrogens (tertiary/aromatic N) is 4. The van der Waals surface area contributed by atoms with Gasteiger partial charge in [0.2, 0.25) is 5.75 Å². The average molecular weight is 674 g/mol. The van der Waals surface area contributed by atoms with Crippen LogP contribution in [-0.4, -0.2) is 19.1 Å². The first-order chi connectivity index (χ1) is 22.2. The Morgan fingerprint density at radius 3 is 1.58 bits per heavy atom. The summed E-state index contributed by atoms with van der Waals surface area (Å²) in [5.41, 5.74) is 0.566. The zero-order valence-electron chi connectivity index (χ0n) is 24.5. The van der Waals surface area contributed by atoms with E-state index in [0.29, 0.717) is 17.2 Å². The summed E-state index contributed by atoms with van der Waals surface area (Å²) in [5.74, 6) is -5.82. The maximum Gasteiger partial charge on any atom is 0.573 e. The Labute approximate surface area is 264 Å². The number of hydrogen-bond acceptors (Lipinski definition) is 5. The standard InChI is InChI=1S/C32H15F9N4O3/c1-12-6-16-15(14(3)13(12)2)7-19-24(21(10-42)44-4)20-8-18-17(26(20)27(25(16)19)22(11-43)45-5)9-23(46-30(33,34)35)29(48-32(39,40)41)28(18)47-31(36,37)38/h6,9H,7-8H2,1-3H3/b24-21+,27-22+. The van der Waals surface area contributed by atoms with E-state index >= 15 is 0 Å². The molecule has 0 saturated carbocycles. The zero-order valence-corrected chi connectivity index (χ0v) is 24.5. The maximum absolute atomic E-state index is 13.7. The van der Waals surface area contributed by atoms with E-state index in [4.69, 9.17) is 13.1 Å². The van der Waals surface area contributed by atoms with Crippen molar-refractivity contribution in [2.75, 3.05) is 0 Å². The van der Waals surface area contributed by atoms with Gasteiger partial charge in [-0.3, -0.25) is 0 Å². The minimum Gasteiger partial charge on any atom is -0.402 e. The molecule has 0 amide bonds. The Morgan fingerprint density at radius 1 is 0.646 bits per heavy atom. The normalized spacial score (nSPS) is 14.2. The van der Waals surface area contributed by atoms with Crippen molar-refractivity contribution in [3.63, 3.8) is 0 Å². The van der Waals surface area contributed by atoms with Crippen molar-refractivity contribution in [3.05, 3.63) is 84.3 Å². The molecule has 0 fully saturated rings. The third kappa shape index (κ3) is 5.56. The lowest BCUT2D eigenvalue weighted by Crippen LogP contribution is -2.25. The highest BCUT2D eigenvalue weighted by Gasteiger charge is 2.45. The van der Waals surface area contributed by atoms with Crippen LogP contribution >= 0.6 is 0 Å². The van der Waals surface area contributed by atoms with E-state index in [-0.39, 0.29) is 39.1 Å². The maximum atomic E-state index is 13.7. The van der Waals surface area contributed by atoms with Crippen LogP contribution in [0.15, 0.2) is 12.1 Å². The predicted octanol–water partition coefficient (Wildman–Crippen LogP) is 7.55. The van der Waals surface area contributed by atoms with Gasteiger partial charge in [-0.1, -0.05) is 6.07 Å². The lowest BCUT2D eigenvalue weighted by Gasteiger charge is -2.22. The predicted molar refractivity (Wildman–Crippen MR) is 148 cm³/mol. The van der Waals surface area contributed by atoms with E-state index in [2.05, 4.69) is 23.9 Å². The van der Waals surface area contributed by atoms with Gasteiger partial charge in [0, 0.05) is 17.2 Å². The van der Waals surface area contributed by atoms with Gasteiger partial charge >= 0.3 is 19.1 Å². The minimum absolute atomic E-state index is 0.0117. The average Bonchev–Trinajstić information content (AvgIpc) is 3.52. The fourth-order valence-electron chi connectivity index (χ4n) is 6.23. The third-order valence-electron chi connectivity index (χ3n) is 8.12. The summed E-state index contributed by atoms with van der Waals surface area (Å²) in [7, 11) is 0. The van der Waals surface area contributed by atoms with Crippen molar-refractivity contribution in [3.8, 4) is 51.6 Å². The van der Waals surface area contributed by atoms with Gasteiger partial charge < -0.3 is 14.2 Å². The molecule has 244 valence electrons. The van der Waals surface area contributed by atoms with E-state index < -0.39 is 65.3 Å². The first-order valence-electron chi connectivity index (χ1n) is 13.3. The highest BCUT2D eigenvalue weighted by atomic mass is 19.4. The number of nitriles is 2. The van der Waals surface area contributed by atoms with Gasteiger partial charge in [-0.05, 0) is 94.1 Å². The van der Waals surface area contributed by atoms with Gasteiger partial charge in [-0.15, -0.1) is 39.5 Å². The molecule has 0 unspecified atom stereocenters. The van der Waals surface area contributed by atoms with Gasteiger partial charge in [-0.25, -0.2) is 20.2 Å². The molecule has 5 rings (SSSR count). The van der Waals surface area contributed by atoms with Crippen molar-refractivity contribution in [2.24, 2.45) is 0 Å². The lowest BCUT2D eigenvalue weighted by atomic mass is 9.89. The van der Waals surface area contributed by atoms with Crippen LogP contribution in [0.3, 0.4) is 0 Å². The van der Waals surface area contributed by atoms with E-state index in [0.717, 1.165) is 16.7 Å². The monoisotopic (exact) mass is 674 g/mol. The van der Waals surface area contributed by atoms with Gasteiger partial charge in [-0.2, -0.15) is 0 Å². The summed E-state index contributed by atoms with van der Waals surface area (Å²) in [6, 6.07) is 5.42.